The van der Waals surface area contributed by atoms with Crippen LogP contribution in [0.15, 0.2) is 47.4 Å². The number of anilines is 1. The van der Waals surface area contributed by atoms with Crippen molar-refractivity contribution in [1.29, 1.82) is 0 Å². The van der Waals surface area contributed by atoms with E-state index in [-0.39, 0.29) is 23.0 Å². The Morgan fingerprint density at radius 1 is 1.08 bits per heavy atom. The molecule has 2 aromatic rings. The molecular formula is C18H18F2N2O3S. The van der Waals surface area contributed by atoms with Crippen LogP contribution in [0.25, 0.3) is 0 Å². The third kappa shape index (κ3) is 4.86. The summed E-state index contributed by atoms with van der Waals surface area (Å²) in [7, 11) is -3.50. The zero-order chi connectivity index (χ0) is 18.7. The zero-order valence-electron chi connectivity index (χ0n) is 13.8. The van der Waals surface area contributed by atoms with Gasteiger partial charge >= 0.3 is 0 Å². The van der Waals surface area contributed by atoms with Crippen molar-refractivity contribution >= 4 is 21.6 Å². The van der Waals surface area contributed by atoms with Gasteiger partial charge in [0.15, 0.2) is 0 Å². The SMILES string of the molecule is O=C(CCc1ccc(S(=O)(=O)NC2CC2)cc1)Nc1ccc(F)cc1F. The number of hydrogen-bond donors (Lipinski definition) is 2. The van der Waals surface area contributed by atoms with Crippen LogP contribution in [0.4, 0.5) is 14.5 Å². The summed E-state index contributed by atoms with van der Waals surface area (Å²) in [6.07, 6.45) is 2.18. The lowest BCUT2D eigenvalue weighted by atomic mass is 10.1. The van der Waals surface area contributed by atoms with Gasteiger partial charge in [0.2, 0.25) is 15.9 Å². The Balaban J connectivity index is 1.55. The Kier molecular flexibility index (Phi) is 5.33. The third-order valence-electron chi connectivity index (χ3n) is 3.98. The van der Waals surface area contributed by atoms with Gasteiger partial charge in [0, 0.05) is 18.5 Å². The molecule has 3 rings (SSSR count). The molecular weight excluding hydrogens is 362 g/mol. The van der Waals surface area contributed by atoms with E-state index in [0.29, 0.717) is 12.5 Å². The Hall–Kier alpha value is -2.32. The minimum atomic E-state index is -3.50. The monoisotopic (exact) mass is 380 g/mol. The van der Waals surface area contributed by atoms with E-state index in [1.54, 1.807) is 12.1 Å². The van der Waals surface area contributed by atoms with Crippen LogP contribution < -0.4 is 10.0 Å². The molecule has 0 atom stereocenters. The van der Waals surface area contributed by atoms with E-state index in [1.165, 1.54) is 12.1 Å². The standard InChI is InChI=1S/C18H18F2N2O3S/c19-13-4-9-17(16(20)11-13)21-18(23)10-3-12-1-7-15(8-2-12)26(24,25)22-14-5-6-14/h1-2,4,7-9,11,14,22H,3,5-6,10H2,(H,21,23). The van der Waals surface area contributed by atoms with Crippen LogP contribution in [-0.4, -0.2) is 20.4 Å². The highest BCUT2D eigenvalue weighted by atomic mass is 32.2. The van der Waals surface area contributed by atoms with Crippen molar-refractivity contribution < 1.29 is 22.0 Å². The molecule has 0 saturated heterocycles. The molecule has 0 unspecified atom stereocenters. The number of amides is 1. The van der Waals surface area contributed by atoms with Crippen LogP contribution in [0, 0.1) is 11.6 Å². The summed E-state index contributed by atoms with van der Waals surface area (Å²) in [5.41, 5.74) is 0.703. The Morgan fingerprint density at radius 3 is 2.38 bits per heavy atom. The maximum absolute atomic E-state index is 13.5. The van der Waals surface area contributed by atoms with Crippen molar-refractivity contribution in [3.05, 3.63) is 59.7 Å². The zero-order valence-corrected chi connectivity index (χ0v) is 14.7. The number of hydrogen-bond acceptors (Lipinski definition) is 3. The fraction of sp³-hybridized carbons (Fsp3) is 0.278. The van der Waals surface area contributed by atoms with Gasteiger partial charge in [0.1, 0.15) is 11.6 Å². The first-order valence-electron chi connectivity index (χ1n) is 8.20. The number of halogens is 2. The predicted octanol–water partition coefficient (Wildman–Crippen LogP) is 2.98. The normalized spacial score (nSPS) is 14.2. The third-order valence-corrected chi connectivity index (χ3v) is 5.52. The molecule has 138 valence electrons. The van der Waals surface area contributed by atoms with Gasteiger partial charge in [-0.15, -0.1) is 0 Å². The van der Waals surface area contributed by atoms with Crippen LogP contribution in [0.3, 0.4) is 0 Å². The summed E-state index contributed by atoms with van der Waals surface area (Å²) < 4.78 is 53.1. The van der Waals surface area contributed by atoms with E-state index in [4.69, 9.17) is 0 Å². The van der Waals surface area contributed by atoms with Gasteiger partial charge in [-0.3, -0.25) is 4.79 Å². The summed E-state index contributed by atoms with van der Waals surface area (Å²) in [4.78, 5) is 12.1. The maximum atomic E-state index is 13.5. The van der Waals surface area contributed by atoms with E-state index in [0.717, 1.165) is 30.5 Å². The fourth-order valence-electron chi connectivity index (χ4n) is 2.39. The molecule has 0 aromatic heterocycles. The maximum Gasteiger partial charge on any atom is 0.240 e. The second-order valence-corrected chi connectivity index (χ2v) is 7.93. The van der Waals surface area contributed by atoms with Crippen molar-refractivity contribution in [3.63, 3.8) is 0 Å². The lowest BCUT2D eigenvalue weighted by Crippen LogP contribution is -2.25. The van der Waals surface area contributed by atoms with E-state index < -0.39 is 27.6 Å². The van der Waals surface area contributed by atoms with E-state index in [1.807, 2.05) is 0 Å². The van der Waals surface area contributed by atoms with E-state index >= 15 is 0 Å². The first-order valence-corrected chi connectivity index (χ1v) is 9.68. The van der Waals surface area contributed by atoms with E-state index in [9.17, 15) is 22.0 Å². The molecule has 0 aliphatic heterocycles. The number of nitrogens with one attached hydrogen (secondary N) is 2. The fourth-order valence-corrected chi connectivity index (χ4v) is 3.69. The predicted molar refractivity (Wildman–Crippen MR) is 93.1 cm³/mol. The van der Waals surface area contributed by atoms with Crippen molar-refractivity contribution in [2.45, 2.75) is 36.6 Å². The Labute approximate surface area is 150 Å². The second-order valence-electron chi connectivity index (χ2n) is 6.21. The van der Waals surface area contributed by atoms with E-state index in [2.05, 4.69) is 10.0 Å². The van der Waals surface area contributed by atoms with Crippen LogP contribution in [0.2, 0.25) is 0 Å². The highest BCUT2D eigenvalue weighted by Crippen LogP contribution is 2.22. The molecule has 1 amide bonds. The summed E-state index contributed by atoms with van der Waals surface area (Å²) in [5.74, 6) is -1.97. The van der Waals surface area contributed by atoms with Crippen molar-refractivity contribution in [1.82, 2.24) is 4.72 Å². The van der Waals surface area contributed by atoms with Gasteiger partial charge < -0.3 is 5.32 Å². The second kappa shape index (κ2) is 7.51. The summed E-state index contributed by atoms with van der Waals surface area (Å²) >= 11 is 0. The molecule has 0 spiro atoms. The number of benzene rings is 2. The number of rotatable bonds is 7. The summed E-state index contributed by atoms with van der Waals surface area (Å²) in [6.45, 7) is 0. The van der Waals surface area contributed by atoms with Crippen molar-refractivity contribution in [3.8, 4) is 0 Å². The van der Waals surface area contributed by atoms with Gasteiger partial charge in [-0.25, -0.2) is 21.9 Å². The number of aryl methyl sites for hydroxylation is 1. The molecule has 0 radical (unpaired) electrons. The van der Waals surface area contributed by atoms with Crippen molar-refractivity contribution in [2.75, 3.05) is 5.32 Å². The first kappa shape index (κ1) is 18.5. The van der Waals surface area contributed by atoms with Crippen LogP contribution in [0.1, 0.15) is 24.8 Å². The molecule has 0 bridgehead atoms. The number of sulfonamides is 1. The highest BCUT2D eigenvalue weighted by molar-refractivity contribution is 7.89. The van der Waals surface area contributed by atoms with Gasteiger partial charge in [0.05, 0.1) is 10.6 Å². The van der Waals surface area contributed by atoms with Gasteiger partial charge in [-0.2, -0.15) is 0 Å². The quantitative estimate of drug-likeness (QED) is 0.775. The Morgan fingerprint density at radius 2 is 1.77 bits per heavy atom. The van der Waals surface area contributed by atoms with Crippen molar-refractivity contribution in [2.24, 2.45) is 0 Å². The largest absolute Gasteiger partial charge is 0.324 e. The molecule has 2 aromatic carbocycles. The van der Waals surface area contributed by atoms with Gasteiger partial charge in [0.25, 0.3) is 0 Å². The molecule has 1 aliphatic rings. The summed E-state index contributed by atoms with van der Waals surface area (Å²) in [5, 5.41) is 2.39. The average molecular weight is 380 g/mol. The molecule has 1 aliphatic carbocycles. The molecule has 1 fully saturated rings. The molecule has 26 heavy (non-hydrogen) atoms. The lowest BCUT2D eigenvalue weighted by molar-refractivity contribution is -0.116. The molecule has 2 N–H and O–H groups in total. The minimum Gasteiger partial charge on any atom is -0.324 e. The molecule has 0 heterocycles. The Bertz CT molecular complexity index is 911. The molecule has 5 nitrogen and oxygen atoms in total. The van der Waals surface area contributed by atoms with Crippen LogP contribution in [-0.2, 0) is 21.2 Å². The highest BCUT2D eigenvalue weighted by Gasteiger charge is 2.27. The van der Waals surface area contributed by atoms with Gasteiger partial charge in [-0.05, 0) is 49.1 Å². The van der Waals surface area contributed by atoms with Crippen LogP contribution in [0.5, 0.6) is 0 Å². The number of carbonyl (C=O) groups is 1. The molecule has 1 saturated carbocycles. The van der Waals surface area contributed by atoms with Crippen LogP contribution >= 0.6 is 0 Å². The van der Waals surface area contributed by atoms with Gasteiger partial charge in [-0.1, -0.05) is 12.1 Å². The first-order chi connectivity index (χ1) is 12.3. The smallest absolute Gasteiger partial charge is 0.240 e. The summed E-state index contributed by atoms with van der Waals surface area (Å²) in [6, 6.07) is 9.25. The lowest BCUT2D eigenvalue weighted by Gasteiger charge is -2.08. The molecule has 8 heteroatoms. The topological polar surface area (TPSA) is 75.3 Å². The number of carbonyl (C=O) groups excluding carboxylic acids is 1. The average Bonchev–Trinajstić information content (AvgIpc) is 3.39. The minimum absolute atomic E-state index is 0.0372.